The molecule has 1 unspecified atom stereocenters. The number of aromatic nitrogens is 1. The number of carbonyl (C=O) groups is 1. The van der Waals surface area contributed by atoms with Gasteiger partial charge in [-0.25, -0.2) is 14.2 Å². The van der Waals surface area contributed by atoms with Crippen LogP contribution in [0.15, 0.2) is 12.3 Å². The van der Waals surface area contributed by atoms with E-state index in [-0.39, 0.29) is 17.4 Å². The number of halogens is 1. The van der Waals surface area contributed by atoms with Crippen LogP contribution in [0.4, 0.5) is 10.2 Å². The van der Waals surface area contributed by atoms with E-state index >= 15 is 0 Å². The van der Waals surface area contributed by atoms with E-state index in [1.54, 1.807) is 0 Å². The lowest BCUT2D eigenvalue weighted by Gasteiger charge is -2.17. The van der Waals surface area contributed by atoms with Gasteiger partial charge in [-0.1, -0.05) is 20.3 Å². The number of hydrogen-bond acceptors (Lipinski definition) is 3. The largest absolute Gasteiger partial charge is 0.478 e. The average molecular weight is 240 g/mol. The Balaban J connectivity index is 2.91. The number of carboxylic acids is 1. The summed E-state index contributed by atoms with van der Waals surface area (Å²) < 4.78 is 13.8. The Morgan fingerprint density at radius 2 is 2.29 bits per heavy atom. The highest BCUT2D eigenvalue weighted by molar-refractivity contribution is 5.88. The molecule has 0 spiro atoms. The Morgan fingerprint density at radius 1 is 1.59 bits per heavy atom. The molecule has 0 saturated carbocycles. The van der Waals surface area contributed by atoms with Gasteiger partial charge in [0.2, 0.25) is 0 Å². The number of hydrogen-bond donors (Lipinski definition) is 2. The summed E-state index contributed by atoms with van der Waals surface area (Å²) in [5, 5.41) is 11.7. The van der Waals surface area contributed by atoms with E-state index in [9.17, 15) is 9.18 Å². The van der Waals surface area contributed by atoms with Crippen LogP contribution in [0.3, 0.4) is 0 Å². The molecule has 0 aliphatic heterocycles. The molecule has 0 radical (unpaired) electrons. The van der Waals surface area contributed by atoms with Gasteiger partial charge >= 0.3 is 5.97 Å². The van der Waals surface area contributed by atoms with Crippen molar-refractivity contribution in [2.45, 2.75) is 39.2 Å². The van der Waals surface area contributed by atoms with Crippen LogP contribution in [0.5, 0.6) is 0 Å². The Morgan fingerprint density at radius 3 is 2.82 bits per heavy atom. The highest BCUT2D eigenvalue weighted by atomic mass is 19.1. The molecule has 0 amide bonds. The van der Waals surface area contributed by atoms with Crippen molar-refractivity contribution < 1.29 is 14.3 Å². The van der Waals surface area contributed by atoms with Crippen molar-refractivity contribution in [2.24, 2.45) is 0 Å². The molecule has 1 aromatic rings. The van der Waals surface area contributed by atoms with Crippen LogP contribution < -0.4 is 5.32 Å². The summed E-state index contributed by atoms with van der Waals surface area (Å²) in [6.07, 6.45) is 4.01. The Hall–Kier alpha value is -1.65. The molecule has 0 aliphatic carbocycles. The standard InChI is InChI=1S/C12H17FN2O2/c1-3-5-8(4-2)15-11-10(13)9(12(16)17)6-7-14-11/h6-8H,3-5H2,1-2H3,(H,14,15)(H,16,17). The predicted octanol–water partition coefficient (Wildman–Crippen LogP) is 2.91. The predicted molar refractivity (Wildman–Crippen MR) is 63.8 cm³/mol. The molecule has 1 aromatic heterocycles. The summed E-state index contributed by atoms with van der Waals surface area (Å²) in [6, 6.07) is 1.27. The van der Waals surface area contributed by atoms with Crippen LogP contribution in [0, 0.1) is 5.82 Å². The highest BCUT2D eigenvalue weighted by Crippen LogP contribution is 2.17. The van der Waals surface area contributed by atoms with Gasteiger partial charge in [-0.15, -0.1) is 0 Å². The summed E-state index contributed by atoms with van der Waals surface area (Å²) in [7, 11) is 0. The van der Waals surface area contributed by atoms with Crippen molar-refractivity contribution in [3.05, 3.63) is 23.6 Å². The minimum absolute atomic E-state index is 0.0187. The first kappa shape index (κ1) is 13.4. The number of nitrogens with one attached hydrogen (secondary N) is 1. The van der Waals surface area contributed by atoms with Gasteiger partial charge in [0.25, 0.3) is 0 Å². The molecule has 1 heterocycles. The van der Waals surface area contributed by atoms with Crippen molar-refractivity contribution in [1.82, 2.24) is 4.98 Å². The van der Waals surface area contributed by atoms with Gasteiger partial charge in [-0.05, 0) is 18.9 Å². The van der Waals surface area contributed by atoms with E-state index < -0.39 is 11.8 Å². The van der Waals surface area contributed by atoms with Gasteiger partial charge in [0.05, 0.1) is 0 Å². The number of rotatable bonds is 6. The van der Waals surface area contributed by atoms with Gasteiger partial charge in [0.15, 0.2) is 11.6 Å². The average Bonchev–Trinajstić information content (AvgIpc) is 2.30. The molecule has 4 nitrogen and oxygen atoms in total. The van der Waals surface area contributed by atoms with E-state index in [0.717, 1.165) is 25.3 Å². The van der Waals surface area contributed by atoms with Crippen LogP contribution in [-0.2, 0) is 0 Å². The maximum atomic E-state index is 13.8. The minimum Gasteiger partial charge on any atom is -0.478 e. The van der Waals surface area contributed by atoms with Crippen LogP contribution in [0.1, 0.15) is 43.5 Å². The lowest BCUT2D eigenvalue weighted by molar-refractivity contribution is 0.0692. The zero-order valence-electron chi connectivity index (χ0n) is 10.0. The minimum atomic E-state index is -1.28. The smallest absolute Gasteiger partial charge is 0.338 e. The maximum absolute atomic E-state index is 13.8. The molecule has 0 aromatic carbocycles. The fourth-order valence-corrected chi connectivity index (χ4v) is 1.63. The quantitative estimate of drug-likeness (QED) is 0.802. The van der Waals surface area contributed by atoms with Crippen molar-refractivity contribution in [2.75, 3.05) is 5.32 Å². The van der Waals surface area contributed by atoms with Gasteiger partial charge in [0.1, 0.15) is 5.56 Å². The number of anilines is 1. The third kappa shape index (κ3) is 3.41. The Kier molecular flexibility index (Phi) is 4.87. The molecule has 5 heteroatoms. The molecule has 17 heavy (non-hydrogen) atoms. The van der Waals surface area contributed by atoms with Gasteiger partial charge in [0, 0.05) is 12.2 Å². The Bertz CT molecular complexity index is 396. The second-order valence-electron chi connectivity index (χ2n) is 3.86. The molecule has 0 bridgehead atoms. The normalized spacial score (nSPS) is 12.2. The van der Waals surface area contributed by atoms with Crippen LogP contribution in [-0.4, -0.2) is 22.1 Å². The molecule has 2 N–H and O–H groups in total. The number of carboxylic acid groups (broad SMARTS) is 1. The van der Waals surface area contributed by atoms with Crippen LogP contribution in [0.25, 0.3) is 0 Å². The number of pyridine rings is 1. The summed E-state index contributed by atoms with van der Waals surface area (Å²) in [6.45, 7) is 4.04. The summed E-state index contributed by atoms with van der Waals surface area (Å²) in [5.41, 5.74) is -0.353. The van der Waals surface area contributed by atoms with E-state index in [0.29, 0.717) is 0 Å². The van der Waals surface area contributed by atoms with Crippen LogP contribution >= 0.6 is 0 Å². The molecule has 1 rings (SSSR count). The summed E-state index contributed by atoms with van der Waals surface area (Å²) in [5.74, 6) is -2.06. The van der Waals surface area contributed by atoms with Crippen molar-refractivity contribution in [1.29, 1.82) is 0 Å². The first-order chi connectivity index (χ1) is 8.10. The lowest BCUT2D eigenvalue weighted by Crippen LogP contribution is -2.20. The van der Waals surface area contributed by atoms with Gasteiger partial charge in [-0.2, -0.15) is 0 Å². The third-order valence-electron chi connectivity index (χ3n) is 2.59. The topological polar surface area (TPSA) is 62.2 Å². The van der Waals surface area contributed by atoms with Crippen LogP contribution in [0.2, 0.25) is 0 Å². The molecule has 0 fully saturated rings. The fraction of sp³-hybridized carbons (Fsp3) is 0.500. The first-order valence-corrected chi connectivity index (χ1v) is 5.74. The maximum Gasteiger partial charge on any atom is 0.338 e. The molecule has 1 atom stereocenters. The zero-order valence-corrected chi connectivity index (χ0v) is 10.0. The molecular weight excluding hydrogens is 223 g/mol. The van der Waals surface area contributed by atoms with E-state index in [1.807, 2.05) is 13.8 Å². The van der Waals surface area contributed by atoms with Crippen molar-refractivity contribution in [3.8, 4) is 0 Å². The van der Waals surface area contributed by atoms with Gasteiger partial charge < -0.3 is 10.4 Å². The molecule has 94 valence electrons. The van der Waals surface area contributed by atoms with E-state index in [4.69, 9.17) is 5.11 Å². The van der Waals surface area contributed by atoms with Crippen molar-refractivity contribution in [3.63, 3.8) is 0 Å². The second kappa shape index (κ2) is 6.18. The molecule has 0 saturated heterocycles. The summed E-state index contributed by atoms with van der Waals surface area (Å²) >= 11 is 0. The summed E-state index contributed by atoms with van der Waals surface area (Å²) in [4.78, 5) is 14.6. The Labute approximate surface area is 99.9 Å². The zero-order chi connectivity index (χ0) is 12.8. The number of aromatic carboxylic acids is 1. The first-order valence-electron chi connectivity index (χ1n) is 5.74. The second-order valence-corrected chi connectivity index (χ2v) is 3.86. The molecular formula is C12H17FN2O2. The monoisotopic (exact) mass is 240 g/mol. The molecule has 0 aliphatic rings. The van der Waals surface area contributed by atoms with Gasteiger partial charge in [-0.3, -0.25) is 0 Å². The number of nitrogens with zero attached hydrogens (tertiary/aromatic N) is 1. The van der Waals surface area contributed by atoms with E-state index in [1.165, 1.54) is 6.20 Å². The van der Waals surface area contributed by atoms with Crippen molar-refractivity contribution >= 4 is 11.8 Å². The fourth-order valence-electron chi connectivity index (χ4n) is 1.63. The highest BCUT2D eigenvalue weighted by Gasteiger charge is 2.16. The van der Waals surface area contributed by atoms with E-state index in [2.05, 4.69) is 10.3 Å². The lowest BCUT2D eigenvalue weighted by atomic mass is 10.1. The third-order valence-corrected chi connectivity index (χ3v) is 2.59. The SMILES string of the molecule is CCCC(CC)Nc1nccc(C(=O)O)c1F.